The molecule has 0 fully saturated rings. The van der Waals surface area contributed by atoms with Crippen molar-refractivity contribution in [1.29, 1.82) is 0 Å². The van der Waals surface area contributed by atoms with E-state index in [-0.39, 0.29) is 11.1 Å². The smallest absolute Gasteiger partial charge is 0.199 e. The molecule has 0 amide bonds. The highest BCUT2D eigenvalue weighted by Gasteiger charge is 2.15. The first kappa shape index (κ1) is 6.34. The fourth-order valence-corrected chi connectivity index (χ4v) is 1.97. The Kier molecular flexibility index (Phi) is 1.61. The molecule has 1 nitrogen and oxygen atoms in total. The highest BCUT2D eigenvalue weighted by Crippen LogP contribution is 2.23. The molecule has 0 aliphatic heterocycles. The Morgan fingerprint density at radius 2 is 1.94 bits per heavy atom. The zero-order valence-electron chi connectivity index (χ0n) is 16.3. The minimum atomic E-state index is -2.21. The summed E-state index contributed by atoms with van der Waals surface area (Å²) < 4.78 is 47.7. The van der Waals surface area contributed by atoms with Crippen LogP contribution in [0.2, 0.25) is 0 Å². The fourth-order valence-electron chi connectivity index (χ4n) is 1.97. The lowest BCUT2D eigenvalue weighted by molar-refractivity contribution is -0.666. The minimum Gasteiger partial charge on any atom is -0.199 e. The number of benzene rings is 1. The minimum absolute atomic E-state index is 0.252. The van der Waals surface area contributed by atoms with E-state index in [1.165, 1.54) is 0 Å². The molecule has 0 N–H and O–H groups in total. The molecule has 0 saturated heterocycles. The molecule has 0 unspecified atom stereocenters. The molecule has 0 spiro atoms. The van der Waals surface area contributed by atoms with Gasteiger partial charge in [0, 0.05) is 32.8 Å². The van der Waals surface area contributed by atoms with E-state index >= 15 is 0 Å². The number of aromatic nitrogens is 1. The van der Waals surface area contributed by atoms with Gasteiger partial charge in [0.15, 0.2) is 5.69 Å². The van der Waals surface area contributed by atoms with Crippen LogP contribution in [0.4, 0.5) is 0 Å². The summed E-state index contributed by atoms with van der Waals surface area (Å²) in [5.74, 6) is 0. The van der Waals surface area contributed by atoms with Gasteiger partial charge in [-0.15, -0.1) is 0 Å². The third kappa shape index (κ3) is 2.10. The first-order chi connectivity index (χ1) is 10.4. The fraction of sp³-hybridized carbons (Fsp3) is 0.312. The highest BCUT2D eigenvalue weighted by atomic mass is 14.9. The number of nitrogens with zero attached hydrogens (tertiary/aromatic N) is 1. The molecule has 0 saturated carbocycles. The molecule has 1 heterocycles. The Balaban J connectivity index is 2.75. The van der Waals surface area contributed by atoms with Gasteiger partial charge in [-0.3, -0.25) is 0 Å². The van der Waals surface area contributed by atoms with E-state index in [4.69, 9.17) is 8.22 Å². The summed E-state index contributed by atoms with van der Waals surface area (Å²) in [6.45, 7) is -0.811. The quantitative estimate of drug-likeness (QED) is 0.663. The molecule has 88 valence electrons. The lowest BCUT2D eigenvalue weighted by Gasteiger charge is -2.09. The predicted octanol–water partition coefficient (Wildman–Crippen LogP) is 3.41. The van der Waals surface area contributed by atoms with Crippen LogP contribution in [0.3, 0.4) is 0 Å². The molecule has 0 bridgehead atoms. The number of hydrogen-bond acceptors (Lipinski definition) is 0. The zero-order valence-corrected chi connectivity index (χ0v) is 10.3. The summed E-state index contributed by atoms with van der Waals surface area (Å²) in [6.07, 6.45) is 0. The van der Waals surface area contributed by atoms with Crippen LogP contribution in [-0.2, 0) is 7.05 Å². The topological polar surface area (TPSA) is 3.88 Å². The molecule has 2 aromatic rings. The molecule has 0 radical (unpaired) electrons. The van der Waals surface area contributed by atoms with Crippen molar-refractivity contribution in [1.82, 2.24) is 0 Å². The lowest BCUT2D eigenvalue weighted by atomic mass is 9.99. The maximum absolute atomic E-state index is 7.65. The number of aryl methyl sites for hydroxylation is 3. The van der Waals surface area contributed by atoms with E-state index in [0.717, 1.165) is 11.3 Å². The summed E-state index contributed by atoms with van der Waals surface area (Å²) in [6, 6.07) is 8.36. The van der Waals surface area contributed by atoms with Crippen LogP contribution in [0.1, 0.15) is 30.6 Å². The standard InChI is InChI=1S/C16H20N/c1-11-9-13(3)17(5)16(10-11)15-8-6-7-12(2)14(15)4/h6-10H,1-5H3/q+1/i1D3,2D3. The van der Waals surface area contributed by atoms with Crippen molar-refractivity contribution in [2.75, 3.05) is 0 Å². The van der Waals surface area contributed by atoms with Gasteiger partial charge in [-0.1, -0.05) is 12.1 Å². The predicted molar refractivity (Wildman–Crippen MR) is 72.0 cm³/mol. The van der Waals surface area contributed by atoms with Gasteiger partial charge in [0.1, 0.15) is 7.05 Å². The molecular formula is C16H20N+. The van der Waals surface area contributed by atoms with E-state index in [1.807, 2.05) is 24.6 Å². The van der Waals surface area contributed by atoms with Gasteiger partial charge >= 0.3 is 0 Å². The molecule has 1 aromatic carbocycles. The van der Waals surface area contributed by atoms with Crippen molar-refractivity contribution >= 4 is 0 Å². The monoisotopic (exact) mass is 232 g/mol. The van der Waals surface area contributed by atoms with Gasteiger partial charge in [-0.05, 0) is 43.4 Å². The molecule has 0 atom stereocenters. The largest absolute Gasteiger partial charge is 0.212 e. The summed E-state index contributed by atoms with van der Waals surface area (Å²) in [5, 5.41) is 0. The summed E-state index contributed by atoms with van der Waals surface area (Å²) >= 11 is 0. The van der Waals surface area contributed by atoms with Gasteiger partial charge in [0.2, 0.25) is 5.69 Å². The molecule has 2 rings (SSSR count). The third-order valence-corrected chi connectivity index (χ3v) is 3.16. The Labute approximate surface area is 112 Å². The molecule has 0 aliphatic rings. The number of pyridine rings is 1. The Bertz CT molecular complexity index is 743. The van der Waals surface area contributed by atoms with Crippen LogP contribution in [0, 0.1) is 27.6 Å². The van der Waals surface area contributed by atoms with Gasteiger partial charge in [0.05, 0.1) is 0 Å². The van der Waals surface area contributed by atoms with Crippen LogP contribution < -0.4 is 4.57 Å². The van der Waals surface area contributed by atoms with Gasteiger partial charge in [0.25, 0.3) is 0 Å². The summed E-state index contributed by atoms with van der Waals surface area (Å²) in [7, 11) is 1.84. The van der Waals surface area contributed by atoms with Crippen molar-refractivity contribution < 1.29 is 12.8 Å². The average Bonchev–Trinajstić information content (AvgIpc) is 2.40. The number of rotatable bonds is 1. The SMILES string of the molecule is [2H]C([2H])([2H])c1cc(C)[n+](C)c(-c2cccc(C([2H])([2H])[2H])c2C)c1. The first-order valence-electron chi connectivity index (χ1n) is 8.54. The number of hydrogen-bond donors (Lipinski definition) is 0. The van der Waals surface area contributed by atoms with Crippen LogP contribution in [0.25, 0.3) is 11.3 Å². The second kappa shape index (κ2) is 4.33. The first-order valence-corrected chi connectivity index (χ1v) is 5.54. The maximum Gasteiger partial charge on any atom is 0.212 e. The lowest BCUT2D eigenvalue weighted by Crippen LogP contribution is -2.35. The van der Waals surface area contributed by atoms with Crippen LogP contribution >= 0.6 is 0 Å². The van der Waals surface area contributed by atoms with Gasteiger partial charge < -0.3 is 0 Å². The Morgan fingerprint density at radius 3 is 2.65 bits per heavy atom. The molecular weight excluding hydrogens is 206 g/mol. The molecule has 0 aliphatic carbocycles. The summed E-state index contributed by atoms with van der Waals surface area (Å²) in [4.78, 5) is 0. The van der Waals surface area contributed by atoms with Crippen molar-refractivity contribution in [2.45, 2.75) is 27.6 Å². The van der Waals surface area contributed by atoms with E-state index in [2.05, 4.69) is 0 Å². The molecule has 17 heavy (non-hydrogen) atoms. The average molecular weight is 232 g/mol. The van der Waals surface area contributed by atoms with Gasteiger partial charge in [-0.25, -0.2) is 0 Å². The van der Waals surface area contributed by atoms with Crippen LogP contribution in [0.5, 0.6) is 0 Å². The van der Waals surface area contributed by atoms with Crippen molar-refractivity contribution in [3.8, 4) is 11.3 Å². The van der Waals surface area contributed by atoms with Crippen molar-refractivity contribution in [3.63, 3.8) is 0 Å². The Hall–Kier alpha value is -1.63. The zero-order chi connectivity index (χ0) is 17.6. The summed E-state index contributed by atoms with van der Waals surface area (Å²) in [5.41, 5.74) is 3.40. The van der Waals surface area contributed by atoms with E-state index < -0.39 is 13.7 Å². The van der Waals surface area contributed by atoms with E-state index in [9.17, 15) is 0 Å². The Morgan fingerprint density at radius 1 is 1.12 bits per heavy atom. The highest BCUT2D eigenvalue weighted by molar-refractivity contribution is 5.63. The van der Waals surface area contributed by atoms with Crippen LogP contribution in [0.15, 0.2) is 30.3 Å². The third-order valence-electron chi connectivity index (χ3n) is 3.16. The van der Waals surface area contributed by atoms with Crippen LogP contribution in [-0.4, -0.2) is 0 Å². The van der Waals surface area contributed by atoms with Gasteiger partial charge in [-0.2, -0.15) is 4.57 Å². The second-order valence-corrected chi connectivity index (χ2v) is 4.31. The maximum atomic E-state index is 7.65. The molecule has 1 aromatic heterocycles. The van der Waals surface area contributed by atoms with Crippen molar-refractivity contribution in [2.24, 2.45) is 7.05 Å². The molecule has 1 heteroatoms. The van der Waals surface area contributed by atoms with Crippen molar-refractivity contribution in [3.05, 3.63) is 52.7 Å². The van der Waals surface area contributed by atoms with E-state index in [1.54, 1.807) is 31.2 Å². The normalized spacial score (nSPS) is 17.4. The van der Waals surface area contributed by atoms with E-state index in [0.29, 0.717) is 11.3 Å². The second-order valence-electron chi connectivity index (χ2n) is 4.31.